The van der Waals surface area contributed by atoms with Crippen molar-refractivity contribution in [2.24, 2.45) is 0 Å². The molecule has 0 heterocycles. The Morgan fingerprint density at radius 1 is 1.00 bits per heavy atom. The molecular formula is C17H20FNO2S. The molecule has 2 rings (SSSR count). The quantitative estimate of drug-likeness (QED) is 0.885. The van der Waals surface area contributed by atoms with Crippen LogP contribution in [-0.4, -0.2) is 15.0 Å². The van der Waals surface area contributed by atoms with Gasteiger partial charge >= 0.3 is 0 Å². The van der Waals surface area contributed by atoms with E-state index in [1.807, 2.05) is 12.1 Å². The molecule has 0 amide bonds. The molecule has 0 aromatic heterocycles. The molecule has 0 bridgehead atoms. The molecule has 0 atom stereocenters. The lowest BCUT2D eigenvalue weighted by atomic mass is 10.0. The average molecular weight is 321 g/mol. The third-order valence-electron chi connectivity index (χ3n) is 3.48. The van der Waals surface area contributed by atoms with Crippen LogP contribution in [0.15, 0.2) is 53.4 Å². The Morgan fingerprint density at radius 2 is 1.59 bits per heavy atom. The third kappa shape index (κ3) is 4.39. The van der Waals surface area contributed by atoms with E-state index in [2.05, 4.69) is 18.6 Å². The number of hydrogen-bond acceptors (Lipinski definition) is 2. The smallest absolute Gasteiger partial charge is 0.211 e. The molecule has 1 N–H and O–H groups in total. The summed E-state index contributed by atoms with van der Waals surface area (Å²) in [6.07, 6.45) is 0.517. The molecule has 0 aliphatic carbocycles. The highest BCUT2D eigenvalue weighted by atomic mass is 32.2. The highest BCUT2D eigenvalue weighted by Gasteiger charge is 2.13. The van der Waals surface area contributed by atoms with Crippen molar-refractivity contribution < 1.29 is 12.8 Å². The minimum atomic E-state index is -3.51. The molecule has 2 aromatic rings. The normalized spacial score (nSPS) is 11.8. The summed E-state index contributed by atoms with van der Waals surface area (Å²) in [6, 6.07) is 13.0. The second kappa shape index (κ2) is 7.03. The maximum absolute atomic E-state index is 12.8. The minimum absolute atomic E-state index is 0.260. The lowest BCUT2D eigenvalue weighted by Gasteiger charge is -2.09. The molecule has 0 saturated heterocycles. The van der Waals surface area contributed by atoms with Crippen LogP contribution in [0.5, 0.6) is 0 Å². The summed E-state index contributed by atoms with van der Waals surface area (Å²) < 4.78 is 39.7. The van der Waals surface area contributed by atoms with Crippen molar-refractivity contribution in [2.45, 2.75) is 31.1 Å². The number of hydrogen-bond donors (Lipinski definition) is 1. The van der Waals surface area contributed by atoms with Crippen molar-refractivity contribution in [1.82, 2.24) is 4.72 Å². The molecule has 118 valence electrons. The molecule has 5 heteroatoms. The van der Waals surface area contributed by atoms with Crippen molar-refractivity contribution in [3.8, 4) is 0 Å². The van der Waals surface area contributed by atoms with Crippen molar-refractivity contribution >= 4 is 10.0 Å². The van der Waals surface area contributed by atoms with Gasteiger partial charge in [-0.05, 0) is 47.7 Å². The van der Waals surface area contributed by atoms with Gasteiger partial charge in [-0.15, -0.1) is 0 Å². The molecule has 22 heavy (non-hydrogen) atoms. The summed E-state index contributed by atoms with van der Waals surface area (Å²) in [5.41, 5.74) is 1.99. The summed E-state index contributed by atoms with van der Waals surface area (Å²) in [6.45, 7) is 4.40. The van der Waals surface area contributed by atoms with Gasteiger partial charge in [-0.25, -0.2) is 17.5 Å². The fourth-order valence-corrected chi connectivity index (χ4v) is 3.13. The Morgan fingerprint density at radius 3 is 2.14 bits per heavy atom. The van der Waals surface area contributed by atoms with Gasteiger partial charge in [0.1, 0.15) is 5.82 Å². The first-order valence-electron chi connectivity index (χ1n) is 7.22. The lowest BCUT2D eigenvalue weighted by Crippen LogP contribution is -2.26. The maximum atomic E-state index is 12.8. The van der Waals surface area contributed by atoms with Gasteiger partial charge in [0.25, 0.3) is 0 Å². The zero-order chi connectivity index (χ0) is 16.2. The van der Waals surface area contributed by atoms with Gasteiger partial charge in [0.15, 0.2) is 0 Å². The fourth-order valence-electron chi connectivity index (χ4n) is 2.10. The Labute approximate surface area is 131 Å². The van der Waals surface area contributed by atoms with E-state index in [1.54, 1.807) is 24.3 Å². The Bertz CT molecular complexity index is 707. The van der Waals surface area contributed by atoms with Gasteiger partial charge in [0.2, 0.25) is 10.0 Å². The summed E-state index contributed by atoms with van der Waals surface area (Å²) in [5.74, 6) is 0.0674. The second-order valence-electron chi connectivity index (χ2n) is 5.50. The van der Waals surface area contributed by atoms with E-state index in [0.29, 0.717) is 12.3 Å². The van der Waals surface area contributed by atoms with E-state index in [-0.39, 0.29) is 17.3 Å². The van der Waals surface area contributed by atoms with Gasteiger partial charge in [0, 0.05) is 6.54 Å². The van der Waals surface area contributed by atoms with Crippen LogP contribution in [0.4, 0.5) is 4.39 Å². The first-order chi connectivity index (χ1) is 10.4. The lowest BCUT2D eigenvalue weighted by molar-refractivity contribution is 0.581. The SMILES string of the molecule is CC(C)c1ccc(S(=O)(=O)NCCc2ccc(F)cc2)cc1. The van der Waals surface area contributed by atoms with Gasteiger partial charge in [-0.3, -0.25) is 0 Å². The molecule has 0 saturated carbocycles. The molecule has 0 fully saturated rings. The highest BCUT2D eigenvalue weighted by Crippen LogP contribution is 2.17. The zero-order valence-electron chi connectivity index (χ0n) is 12.7. The predicted octanol–water partition coefficient (Wildman–Crippen LogP) is 3.47. The molecule has 3 nitrogen and oxygen atoms in total. The van der Waals surface area contributed by atoms with Gasteiger partial charge in [0.05, 0.1) is 4.90 Å². The van der Waals surface area contributed by atoms with Crippen LogP contribution in [0, 0.1) is 5.82 Å². The second-order valence-corrected chi connectivity index (χ2v) is 7.26. The van der Waals surface area contributed by atoms with Gasteiger partial charge in [-0.2, -0.15) is 0 Å². The number of halogens is 1. The van der Waals surface area contributed by atoms with Crippen molar-refractivity contribution in [3.05, 3.63) is 65.5 Å². The summed E-state index contributed by atoms with van der Waals surface area (Å²) in [7, 11) is -3.51. The van der Waals surface area contributed by atoms with E-state index >= 15 is 0 Å². The monoisotopic (exact) mass is 321 g/mol. The predicted molar refractivity (Wildman–Crippen MR) is 85.8 cm³/mol. The third-order valence-corrected chi connectivity index (χ3v) is 4.95. The largest absolute Gasteiger partial charge is 0.240 e. The van der Waals surface area contributed by atoms with Crippen molar-refractivity contribution in [3.63, 3.8) is 0 Å². The van der Waals surface area contributed by atoms with Crippen LogP contribution >= 0.6 is 0 Å². The summed E-state index contributed by atoms with van der Waals surface area (Å²) in [4.78, 5) is 0.260. The fraction of sp³-hybridized carbons (Fsp3) is 0.294. The minimum Gasteiger partial charge on any atom is -0.211 e. The molecular weight excluding hydrogens is 301 g/mol. The van der Waals surface area contributed by atoms with Crippen LogP contribution in [0.3, 0.4) is 0 Å². The van der Waals surface area contributed by atoms with Crippen LogP contribution in [0.2, 0.25) is 0 Å². The van der Waals surface area contributed by atoms with E-state index in [9.17, 15) is 12.8 Å². The van der Waals surface area contributed by atoms with Crippen LogP contribution in [0.25, 0.3) is 0 Å². The summed E-state index contributed by atoms with van der Waals surface area (Å²) >= 11 is 0. The molecule has 0 aliphatic rings. The van der Waals surface area contributed by atoms with Crippen LogP contribution < -0.4 is 4.72 Å². The van der Waals surface area contributed by atoms with E-state index in [4.69, 9.17) is 0 Å². The van der Waals surface area contributed by atoms with Crippen LogP contribution in [-0.2, 0) is 16.4 Å². The van der Waals surface area contributed by atoms with Crippen molar-refractivity contribution in [1.29, 1.82) is 0 Å². The number of benzene rings is 2. The molecule has 0 radical (unpaired) electrons. The molecule has 0 unspecified atom stereocenters. The first-order valence-corrected chi connectivity index (χ1v) is 8.71. The Hall–Kier alpha value is -1.72. The number of nitrogens with one attached hydrogen (secondary N) is 1. The summed E-state index contributed by atoms with van der Waals surface area (Å²) in [5, 5.41) is 0. The Kier molecular flexibility index (Phi) is 5.32. The standard InChI is InChI=1S/C17H20FNO2S/c1-13(2)15-5-9-17(10-6-15)22(20,21)19-12-11-14-3-7-16(18)8-4-14/h3-10,13,19H,11-12H2,1-2H3. The van der Waals surface area contributed by atoms with Crippen LogP contribution in [0.1, 0.15) is 30.9 Å². The highest BCUT2D eigenvalue weighted by molar-refractivity contribution is 7.89. The average Bonchev–Trinajstić information content (AvgIpc) is 2.49. The van der Waals surface area contributed by atoms with E-state index in [1.165, 1.54) is 12.1 Å². The molecule has 0 spiro atoms. The Balaban J connectivity index is 1.97. The molecule has 2 aromatic carbocycles. The topological polar surface area (TPSA) is 46.2 Å². The van der Waals surface area contributed by atoms with Gasteiger partial charge in [-0.1, -0.05) is 38.1 Å². The molecule has 0 aliphatic heterocycles. The first kappa shape index (κ1) is 16.6. The zero-order valence-corrected chi connectivity index (χ0v) is 13.5. The van der Waals surface area contributed by atoms with E-state index in [0.717, 1.165) is 11.1 Å². The van der Waals surface area contributed by atoms with E-state index < -0.39 is 10.0 Å². The van der Waals surface area contributed by atoms with Gasteiger partial charge < -0.3 is 0 Å². The number of sulfonamides is 1. The maximum Gasteiger partial charge on any atom is 0.240 e. The van der Waals surface area contributed by atoms with Crippen molar-refractivity contribution in [2.75, 3.05) is 6.54 Å². The number of rotatable bonds is 6.